The summed E-state index contributed by atoms with van der Waals surface area (Å²) >= 11 is 0. The lowest BCUT2D eigenvalue weighted by Gasteiger charge is -2.35. The van der Waals surface area contributed by atoms with E-state index in [1.165, 1.54) is 17.7 Å². The van der Waals surface area contributed by atoms with E-state index in [1.807, 2.05) is 36.4 Å². The Labute approximate surface area is 156 Å². The lowest BCUT2D eigenvalue weighted by atomic mass is 9.77. The van der Waals surface area contributed by atoms with Gasteiger partial charge in [0.2, 0.25) is 0 Å². The van der Waals surface area contributed by atoms with E-state index in [4.69, 9.17) is 18.7 Å². The first-order valence-corrected chi connectivity index (χ1v) is 8.82. The van der Waals surface area contributed by atoms with Crippen molar-refractivity contribution in [1.29, 1.82) is 0 Å². The monoisotopic (exact) mass is 369 g/mol. The largest absolute Gasteiger partial charge is 0.490 e. The van der Waals surface area contributed by atoms with Crippen molar-refractivity contribution in [1.82, 2.24) is 5.16 Å². The fraction of sp³-hybridized carbons (Fsp3) is 0.286. The van der Waals surface area contributed by atoms with Gasteiger partial charge in [0, 0.05) is 18.7 Å². The molecule has 3 aromatic rings. The molecule has 5 nitrogen and oxygen atoms in total. The molecule has 1 aliphatic rings. The van der Waals surface area contributed by atoms with E-state index in [0.717, 1.165) is 24.2 Å². The molecule has 4 rings (SSSR count). The molecule has 0 saturated heterocycles. The van der Waals surface area contributed by atoms with E-state index in [0.29, 0.717) is 17.6 Å². The summed E-state index contributed by atoms with van der Waals surface area (Å²) < 4.78 is 34.4. The van der Waals surface area contributed by atoms with Crippen LogP contribution in [0.3, 0.4) is 0 Å². The highest BCUT2D eigenvalue weighted by Gasteiger charge is 2.32. The van der Waals surface area contributed by atoms with Crippen LogP contribution in [0.2, 0.25) is 0 Å². The number of halogens is 1. The molecular weight excluding hydrogens is 349 g/mol. The minimum absolute atomic E-state index is 0.124. The quantitative estimate of drug-likeness (QED) is 0.561. The molecule has 6 heteroatoms. The average Bonchev–Trinajstić information content (AvgIpc) is 3.13. The van der Waals surface area contributed by atoms with Crippen molar-refractivity contribution < 1.29 is 23.1 Å². The second-order valence-corrected chi connectivity index (χ2v) is 6.56. The van der Waals surface area contributed by atoms with Gasteiger partial charge in [-0.15, -0.1) is 0 Å². The third kappa shape index (κ3) is 4.11. The molecule has 0 unspecified atom stereocenters. The first-order valence-electron chi connectivity index (χ1n) is 8.82. The van der Waals surface area contributed by atoms with Crippen LogP contribution in [0.1, 0.15) is 24.3 Å². The highest BCUT2D eigenvalue weighted by Crippen LogP contribution is 2.39. The highest BCUT2D eigenvalue weighted by molar-refractivity contribution is 5.59. The van der Waals surface area contributed by atoms with Crippen LogP contribution in [0, 0.1) is 5.82 Å². The summed E-state index contributed by atoms with van der Waals surface area (Å²) in [4.78, 5) is 0. The molecule has 0 spiro atoms. The predicted molar refractivity (Wildman–Crippen MR) is 97.2 cm³/mol. The molecule has 0 radical (unpaired) electrons. The molecule has 1 aromatic heterocycles. The summed E-state index contributed by atoms with van der Waals surface area (Å²) in [7, 11) is 1.55. The topological polar surface area (TPSA) is 53.7 Å². The second-order valence-electron chi connectivity index (χ2n) is 6.56. The van der Waals surface area contributed by atoms with Gasteiger partial charge in [-0.2, -0.15) is 0 Å². The zero-order valence-electron chi connectivity index (χ0n) is 14.9. The van der Waals surface area contributed by atoms with Gasteiger partial charge in [-0.1, -0.05) is 12.1 Å². The minimum Gasteiger partial charge on any atom is -0.490 e. The molecule has 0 atom stereocenters. The number of aromatic nitrogens is 1. The summed E-state index contributed by atoms with van der Waals surface area (Å²) in [6.07, 6.45) is 2.07. The summed E-state index contributed by atoms with van der Waals surface area (Å²) in [6.45, 7) is 0.124. The van der Waals surface area contributed by atoms with Gasteiger partial charge >= 0.3 is 0 Å². The molecule has 0 amide bonds. The molecular formula is C21H20FNO4. The van der Waals surface area contributed by atoms with Gasteiger partial charge in [0.05, 0.1) is 6.10 Å². The van der Waals surface area contributed by atoms with Crippen molar-refractivity contribution in [2.75, 3.05) is 13.9 Å². The van der Waals surface area contributed by atoms with Gasteiger partial charge in [-0.05, 0) is 65.9 Å². The molecule has 0 bridgehead atoms. The van der Waals surface area contributed by atoms with Gasteiger partial charge in [-0.25, -0.2) is 4.39 Å². The number of nitrogens with zero attached hydrogens (tertiary/aromatic N) is 1. The van der Waals surface area contributed by atoms with E-state index < -0.39 is 0 Å². The molecule has 1 aliphatic carbocycles. The lowest BCUT2D eigenvalue weighted by Crippen LogP contribution is -2.32. The summed E-state index contributed by atoms with van der Waals surface area (Å²) in [5, 5.41) is 3.83. The molecule has 2 aromatic carbocycles. The predicted octanol–water partition coefficient (Wildman–Crippen LogP) is 4.79. The fourth-order valence-corrected chi connectivity index (χ4v) is 3.14. The number of hydrogen-bond donors (Lipinski definition) is 0. The second kappa shape index (κ2) is 7.80. The zero-order valence-corrected chi connectivity index (χ0v) is 14.9. The molecule has 27 heavy (non-hydrogen) atoms. The molecule has 0 N–H and O–H groups in total. The smallest absolute Gasteiger partial charge is 0.256 e. The van der Waals surface area contributed by atoms with Crippen molar-refractivity contribution in [2.24, 2.45) is 0 Å². The SMILES string of the molecule is COCOc1cc(-c2ccc(O[C@H]3C[C@H](c4ccc(F)cc4)C3)cc2)on1. The lowest BCUT2D eigenvalue weighted by molar-refractivity contribution is 0.0453. The Kier molecular flexibility index (Phi) is 5.07. The Morgan fingerprint density at radius 3 is 2.52 bits per heavy atom. The van der Waals surface area contributed by atoms with E-state index in [2.05, 4.69) is 5.16 Å². The summed E-state index contributed by atoms with van der Waals surface area (Å²) in [5.74, 6) is 2.06. The molecule has 140 valence electrons. The summed E-state index contributed by atoms with van der Waals surface area (Å²) in [6, 6.07) is 16.1. The van der Waals surface area contributed by atoms with E-state index >= 15 is 0 Å². The molecule has 1 fully saturated rings. The average molecular weight is 369 g/mol. The molecule has 1 heterocycles. The number of methoxy groups -OCH3 is 1. The number of hydrogen-bond acceptors (Lipinski definition) is 5. The van der Waals surface area contributed by atoms with Crippen LogP contribution in [0.25, 0.3) is 11.3 Å². The van der Waals surface area contributed by atoms with Crippen molar-refractivity contribution in [2.45, 2.75) is 24.9 Å². The number of rotatable bonds is 7. The number of benzene rings is 2. The van der Waals surface area contributed by atoms with Crippen molar-refractivity contribution in [3.05, 3.63) is 66.0 Å². The van der Waals surface area contributed by atoms with Crippen molar-refractivity contribution in [3.63, 3.8) is 0 Å². The maximum absolute atomic E-state index is 13.0. The normalized spacial score (nSPS) is 18.7. The maximum atomic E-state index is 13.0. The molecule has 1 saturated carbocycles. The van der Waals surface area contributed by atoms with E-state index in [1.54, 1.807) is 13.2 Å². The Morgan fingerprint density at radius 1 is 1.07 bits per heavy atom. The van der Waals surface area contributed by atoms with Gasteiger partial charge in [0.15, 0.2) is 12.6 Å². The highest BCUT2D eigenvalue weighted by atomic mass is 19.1. The van der Waals surface area contributed by atoms with Crippen molar-refractivity contribution in [3.8, 4) is 23.0 Å². The third-order valence-corrected chi connectivity index (χ3v) is 4.69. The summed E-state index contributed by atoms with van der Waals surface area (Å²) in [5.41, 5.74) is 2.06. The standard InChI is InChI=1S/C21H20FNO4/c1-24-13-25-21-12-20(27-23-21)15-4-8-18(9-5-15)26-19-10-16(11-19)14-2-6-17(22)7-3-14/h2-9,12,16,19H,10-11,13H2,1H3/t16-,19-. The van der Waals surface area contributed by atoms with Gasteiger partial charge in [0.25, 0.3) is 5.88 Å². The van der Waals surface area contributed by atoms with E-state index in [-0.39, 0.29) is 18.7 Å². The van der Waals surface area contributed by atoms with Crippen LogP contribution in [-0.4, -0.2) is 25.2 Å². The van der Waals surface area contributed by atoms with Crippen LogP contribution < -0.4 is 9.47 Å². The first-order chi connectivity index (χ1) is 13.2. The molecule has 0 aliphatic heterocycles. The Morgan fingerprint density at radius 2 is 1.81 bits per heavy atom. The van der Waals surface area contributed by atoms with Gasteiger partial charge < -0.3 is 18.7 Å². The van der Waals surface area contributed by atoms with Crippen LogP contribution >= 0.6 is 0 Å². The Hall–Kier alpha value is -2.86. The van der Waals surface area contributed by atoms with Crippen molar-refractivity contribution >= 4 is 0 Å². The van der Waals surface area contributed by atoms with Crippen LogP contribution in [-0.2, 0) is 4.74 Å². The van der Waals surface area contributed by atoms with Crippen LogP contribution in [0.4, 0.5) is 4.39 Å². The van der Waals surface area contributed by atoms with Gasteiger partial charge in [-0.3, -0.25) is 0 Å². The van der Waals surface area contributed by atoms with Crippen LogP contribution in [0.5, 0.6) is 11.6 Å². The van der Waals surface area contributed by atoms with E-state index in [9.17, 15) is 4.39 Å². The van der Waals surface area contributed by atoms with Crippen LogP contribution in [0.15, 0.2) is 59.1 Å². The minimum atomic E-state index is -0.199. The third-order valence-electron chi connectivity index (χ3n) is 4.69. The Bertz CT molecular complexity index is 870. The van der Waals surface area contributed by atoms with Gasteiger partial charge in [0.1, 0.15) is 11.6 Å². The fourth-order valence-electron chi connectivity index (χ4n) is 3.14. The zero-order chi connectivity index (χ0) is 18.6. The first kappa shape index (κ1) is 17.5. The maximum Gasteiger partial charge on any atom is 0.256 e. The Balaban J connectivity index is 1.31. The number of ether oxygens (including phenoxy) is 3.